The van der Waals surface area contributed by atoms with Crippen LogP contribution in [0.4, 0.5) is 0 Å². The van der Waals surface area contributed by atoms with E-state index in [9.17, 15) is 0 Å². The second-order valence-corrected chi connectivity index (χ2v) is 5.41. The van der Waals surface area contributed by atoms with Gasteiger partial charge in [-0.05, 0) is 38.0 Å². The predicted molar refractivity (Wildman–Crippen MR) is 75.5 cm³/mol. The van der Waals surface area contributed by atoms with Crippen LogP contribution < -0.4 is 5.32 Å². The number of nitrogens with one attached hydrogen (secondary N) is 1. The first-order valence-corrected chi connectivity index (χ1v) is 6.45. The van der Waals surface area contributed by atoms with E-state index in [1.807, 2.05) is 7.05 Å². The summed E-state index contributed by atoms with van der Waals surface area (Å²) >= 11 is 0. The second-order valence-electron chi connectivity index (χ2n) is 5.41. The number of likely N-dealkylation sites (N-methyl/N-ethyl adjacent to an activating group) is 2. The second kappa shape index (κ2) is 6.77. The molecule has 0 aliphatic carbocycles. The topological polar surface area (TPSA) is 15.3 Å². The summed E-state index contributed by atoms with van der Waals surface area (Å²) in [6, 6.07) is 10.8. The molecule has 0 amide bonds. The number of hydrogen-bond donors (Lipinski definition) is 1. The average molecular weight is 234 g/mol. The van der Waals surface area contributed by atoms with Crippen LogP contribution in [0.15, 0.2) is 30.3 Å². The van der Waals surface area contributed by atoms with Gasteiger partial charge >= 0.3 is 0 Å². The van der Waals surface area contributed by atoms with Crippen LogP contribution in [0.5, 0.6) is 0 Å². The molecule has 1 N–H and O–H groups in total. The Labute approximate surface area is 106 Å². The molecule has 0 spiro atoms. The van der Waals surface area contributed by atoms with Gasteiger partial charge in [-0.2, -0.15) is 0 Å². The third kappa shape index (κ3) is 4.88. The van der Waals surface area contributed by atoms with Crippen molar-refractivity contribution in [2.75, 3.05) is 33.7 Å². The summed E-state index contributed by atoms with van der Waals surface area (Å²) in [5.41, 5.74) is 1.69. The largest absolute Gasteiger partial charge is 0.318 e. The third-order valence-corrected chi connectivity index (χ3v) is 3.42. The Kier molecular flexibility index (Phi) is 5.66. The Bertz CT molecular complexity index is 306. The molecule has 0 aliphatic heterocycles. The number of nitrogens with zero attached hydrogens (tertiary/aromatic N) is 1. The van der Waals surface area contributed by atoms with Crippen LogP contribution >= 0.6 is 0 Å². The Hall–Kier alpha value is -0.860. The molecule has 1 aromatic rings. The van der Waals surface area contributed by atoms with Gasteiger partial charge in [0.25, 0.3) is 0 Å². The van der Waals surface area contributed by atoms with E-state index in [1.165, 1.54) is 12.0 Å². The summed E-state index contributed by atoms with van der Waals surface area (Å²) in [5.74, 6) is 0. The van der Waals surface area contributed by atoms with E-state index in [2.05, 4.69) is 61.4 Å². The van der Waals surface area contributed by atoms with Gasteiger partial charge < -0.3 is 10.2 Å². The maximum absolute atomic E-state index is 3.19. The molecule has 0 radical (unpaired) electrons. The van der Waals surface area contributed by atoms with Gasteiger partial charge in [0.2, 0.25) is 0 Å². The van der Waals surface area contributed by atoms with Gasteiger partial charge in [0, 0.05) is 13.1 Å². The zero-order valence-corrected chi connectivity index (χ0v) is 11.7. The predicted octanol–water partition coefficient (Wildman–Crippen LogP) is 2.51. The minimum Gasteiger partial charge on any atom is -0.318 e. The highest BCUT2D eigenvalue weighted by atomic mass is 15.1. The number of benzene rings is 1. The zero-order valence-electron chi connectivity index (χ0n) is 11.7. The number of hydrogen-bond acceptors (Lipinski definition) is 2. The van der Waals surface area contributed by atoms with Crippen molar-refractivity contribution in [1.29, 1.82) is 0 Å². The van der Waals surface area contributed by atoms with Crippen LogP contribution in [0.1, 0.15) is 25.8 Å². The lowest BCUT2D eigenvalue weighted by molar-refractivity contribution is 0.296. The fraction of sp³-hybridized carbons (Fsp3) is 0.600. The van der Waals surface area contributed by atoms with Crippen LogP contribution in [0, 0.1) is 0 Å². The molecule has 17 heavy (non-hydrogen) atoms. The minimum atomic E-state index is 0.259. The maximum Gasteiger partial charge on any atom is 0.0104 e. The molecular weight excluding hydrogens is 208 g/mol. The molecule has 0 aliphatic rings. The van der Waals surface area contributed by atoms with E-state index in [0.29, 0.717) is 0 Å². The molecule has 0 unspecified atom stereocenters. The van der Waals surface area contributed by atoms with Crippen molar-refractivity contribution in [3.05, 3.63) is 35.9 Å². The number of rotatable bonds is 7. The van der Waals surface area contributed by atoms with Crippen LogP contribution in [-0.2, 0) is 5.41 Å². The zero-order chi connectivity index (χ0) is 12.7. The van der Waals surface area contributed by atoms with E-state index < -0.39 is 0 Å². The van der Waals surface area contributed by atoms with Crippen molar-refractivity contribution in [3.63, 3.8) is 0 Å². The Morgan fingerprint density at radius 1 is 1.12 bits per heavy atom. The molecule has 0 saturated carbocycles. The van der Waals surface area contributed by atoms with E-state index >= 15 is 0 Å². The first-order valence-electron chi connectivity index (χ1n) is 6.45. The maximum atomic E-state index is 3.19. The first-order chi connectivity index (χ1) is 8.06. The Morgan fingerprint density at radius 2 is 1.76 bits per heavy atom. The normalized spacial score (nSPS) is 12.1. The first kappa shape index (κ1) is 14.2. The molecule has 2 nitrogen and oxygen atoms in total. The van der Waals surface area contributed by atoms with Gasteiger partial charge in [-0.1, -0.05) is 44.2 Å². The Balaban J connectivity index is 2.45. The molecule has 1 rings (SSSR count). The average Bonchev–Trinajstić information content (AvgIpc) is 2.35. The smallest absolute Gasteiger partial charge is 0.0104 e. The van der Waals surface area contributed by atoms with E-state index in [0.717, 1.165) is 19.6 Å². The molecule has 96 valence electrons. The van der Waals surface area contributed by atoms with E-state index in [1.54, 1.807) is 0 Å². The van der Waals surface area contributed by atoms with Crippen molar-refractivity contribution in [2.45, 2.75) is 25.7 Å². The van der Waals surface area contributed by atoms with Crippen molar-refractivity contribution in [2.24, 2.45) is 0 Å². The van der Waals surface area contributed by atoms with Gasteiger partial charge in [-0.15, -0.1) is 0 Å². The monoisotopic (exact) mass is 234 g/mol. The summed E-state index contributed by atoms with van der Waals surface area (Å²) < 4.78 is 0. The molecule has 0 saturated heterocycles. The van der Waals surface area contributed by atoms with Crippen molar-refractivity contribution < 1.29 is 0 Å². The SMILES string of the molecule is CNCCN(C)CCC(C)(C)c1ccccc1. The molecule has 0 bridgehead atoms. The fourth-order valence-corrected chi connectivity index (χ4v) is 1.92. The standard InChI is InChI=1S/C15H26N2/c1-15(2,14-8-6-5-7-9-14)10-12-17(4)13-11-16-3/h5-9,16H,10-13H2,1-4H3. The third-order valence-electron chi connectivity index (χ3n) is 3.42. The van der Waals surface area contributed by atoms with Gasteiger partial charge in [-0.25, -0.2) is 0 Å². The van der Waals surface area contributed by atoms with Crippen LogP contribution in [-0.4, -0.2) is 38.6 Å². The van der Waals surface area contributed by atoms with E-state index in [4.69, 9.17) is 0 Å². The van der Waals surface area contributed by atoms with Crippen molar-refractivity contribution in [1.82, 2.24) is 10.2 Å². The molecule has 0 atom stereocenters. The quantitative estimate of drug-likeness (QED) is 0.780. The highest BCUT2D eigenvalue weighted by Gasteiger charge is 2.20. The minimum absolute atomic E-state index is 0.259. The van der Waals surface area contributed by atoms with Gasteiger partial charge in [0.05, 0.1) is 0 Å². The fourth-order valence-electron chi connectivity index (χ4n) is 1.92. The van der Waals surface area contributed by atoms with Gasteiger partial charge in [0.1, 0.15) is 0 Å². The van der Waals surface area contributed by atoms with Gasteiger partial charge in [-0.3, -0.25) is 0 Å². The van der Waals surface area contributed by atoms with E-state index in [-0.39, 0.29) is 5.41 Å². The van der Waals surface area contributed by atoms with Crippen LogP contribution in [0.2, 0.25) is 0 Å². The highest BCUT2D eigenvalue weighted by Crippen LogP contribution is 2.26. The summed E-state index contributed by atoms with van der Waals surface area (Å²) in [4.78, 5) is 2.39. The van der Waals surface area contributed by atoms with Crippen molar-refractivity contribution in [3.8, 4) is 0 Å². The summed E-state index contributed by atoms with van der Waals surface area (Å²) in [6.07, 6.45) is 1.19. The lowest BCUT2D eigenvalue weighted by Crippen LogP contribution is -2.31. The molecular formula is C15H26N2. The molecule has 0 heterocycles. The molecule has 1 aromatic carbocycles. The van der Waals surface area contributed by atoms with Crippen molar-refractivity contribution >= 4 is 0 Å². The highest BCUT2D eigenvalue weighted by molar-refractivity contribution is 5.23. The molecule has 0 aromatic heterocycles. The molecule has 2 heteroatoms. The summed E-state index contributed by atoms with van der Waals surface area (Å²) in [7, 11) is 4.19. The lowest BCUT2D eigenvalue weighted by atomic mass is 9.81. The lowest BCUT2D eigenvalue weighted by Gasteiger charge is -2.28. The summed E-state index contributed by atoms with van der Waals surface area (Å²) in [6.45, 7) is 7.97. The summed E-state index contributed by atoms with van der Waals surface area (Å²) in [5, 5.41) is 3.19. The molecule has 0 fully saturated rings. The van der Waals surface area contributed by atoms with Gasteiger partial charge in [0.15, 0.2) is 0 Å². The van der Waals surface area contributed by atoms with Crippen LogP contribution in [0.25, 0.3) is 0 Å². The Morgan fingerprint density at radius 3 is 2.35 bits per heavy atom. The van der Waals surface area contributed by atoms with Crippen LogP contribution in [0.3, 0.4) is 0 Å².